The second-order valence-corrected chi connectivity index (χ2v) is 3.38. The number of hydrogen-bond donors (Lipinski definition) is 1. The Bertz CT molecular complexity index is 609. The van der Waals surface area contributed by atoms with Gasteiger partial charge < -0.3 is 9.40 Å². The van der Waals surface area contributed by atoms with E-state index in [1.54, 1.807) is 0 Å². The van der Waals surface area contributed by atoms with Crippen molar-refractivity contribution >= 4 is 11.0 Å². The molecule has 74 valence electrons. The summed E-state index contributed by atoms with van der Waals surface area (Å²) in [7, 11) is 0. The maximum absolute atomic E-state index is 5.29. The normalized spacial score (nSPS) is 11.0. The third-order valence-electron chi connectivity index (χ3n) is 2.39. The summed E-state index contributed by atoms with van der Waals surface area (Å²) >= 11 is 0. The molecule has 0 aromatic carbocycles. The highest BCUT2D eigenvalue weighted by Gasteiger charge is 2.08. The first kappa shape index (κ1) is 8.23. The molecule has 0 saturated heterocycles. The van der Waals surface area contributed by atoms with Crippen molar-refractivity contribution in [1.29, 1.82) is 0 Å². The zero-order chi connectivity index (χ0) is 10.3. The lowest BCUT2D eigenvalue weighted by Crippen LogP contribution is -1.84. The van der Waals surface area contributed by atoms with Crippen molar-refractivity contribution in [3.8, 4) is 11.5 Å². The lowest BCUT2D eigenvalue weighted by molar-refractivity contribution is 0.569. The van der Waals surface area contributed by atoms with Crippen LogP contribution in [0.15, 0.2) is 35.2 Å². The minimum Gasteiger partial charge on any atom is -0.442 e. The first-order valence-corrected chi connectivity index (χ1v) is 4.69. The van der Waals surface area contributed by atoms with E-state index in [0.717, 1.165) is 28.2 Å². The second kappa shape index (κ2) is 2.95. The SMILES string of the molecule is Cc1ncoc1-c1ccc2cc[nH]c2n1. The Balaban J connectivity index is 2.23. The number of aromatic nitrogens is 3. The molecule has 4 nitrogen and oxygen atoms in total. The number of fused-ring (bicyclic) bond motifs is 1. The van der Waals surface area contributed by atoms with E-state index in [1.165, 1.54) is 6.39 Å². The van der Waals surface area contributed by atoms with Crippen molar-refractivity contribution in [2.45, 2.75) is 6.92 Å². The number of hydrogen-bond acceptors (Lipinski definition) is 3. The molecule has 0 radical (unpaired) electrons. The Morgan fingerprint density at radius 3 is 3.00 bits per heavy atom. The molecule has 0 aliphatic carbocycles. The number of pyridine rings is 1. The van der Waals surface area contributed by atoms with Gasteiger partial charge in [-0.25, -0.2) is 9.97 Å². The van der Waals surface area contributed by atoms with E-state index in [2.05, 4.69) is 15.0 Å². The number of oxazole rings is 1. The molecule has 0 unspecified atom stereocenters. The Hall–Kier alpha value is -2.10. The number of nitrogens with one attached hydrogen (secondary N) is 1. The zero-order valence-corrected chi connectivity index (χ0v) is 8.19. The van der Waals surface area contributed by atoms with Crippen LogP contribution >= 0.6 is 0 Å². The van der Waals surface area contributed by atoms with Crippen LogP contribution in [0.3, 0.4) is 0 Å². The smallest absolute Gasteiger partial charge is 0.181 e. The molecule has 3 rings (SSSR count). The van der Waals surface area contributed by atoms with E-state index in [4.69, 9.17) is 4.42 Å². The van der Waals surface area contributed by atoms with E-state index in [0.29, 0.717) is 0 Å². The average Bonchev–Trinajstić information content (AvgIpc) is 2.84. The van der Waals surface area contributed by atoms with Crippen LogP contribution in [-0.4, -0.2) is 15.0 Å². The average molecular weight is 199 g/mol. The van der Waals surface area contributed by atoms with Gasteiger partial charge in [-0.3, -0.25) is 0 Å². The highest BCUT2D eigenvalue weighted by molar-refractivity contribution is 5.78. The molecule has 0 aliphatic rings. The van der Waals surface area contributed by atoms with Crippen LogP contribution < -0.4 is 0 Å². The lowest BCUT2D eigenvalue weighted by Gasteiger charge is -1.96. The van der Waals surface area contributed by atoms with Gasteiger partial charge >= 0.3 is 0 Å². The lowest BCUT2D eigenvalue weighted by atomic mass is 10.2. The first-order valence-electron chi connectivity index (χ1n) is 4.69. The summed E-state index contributed by atoms with van der Waals surface area (Å²) in [6.45, 7) is 1.90. The van der Waals surface area contributed by atoms with Crippen molar-refractivity contribution in [3.05, 3.63) is 36.5 Å². The summed E-state index contributed by atoms with van der Waals surface area (Å²) < 4.78 is 5.29. The van der Waals surface area contributed by atoms with Gasteiger partial charge in [0.2, 0.25) is 0 Å². The summed E-state index contributed by atoms with van der Waals surface area (Å²) in [5, 5.41) is 1.09. The van der Waals surface area contributed by atoms with E-state index in [-0.39, 0.29) is 0 Å². The summed E-state index contributed by atoms with van der Waals surface area (Å²) in [4.78, 5) is 11.6. The van der Waals surface area contributed by atoms with E-state index >= 15 is 0 Å². The molecule has 15 heavy (non-hydrogen) atoms. The highest BCUT2D eigenvalue weighted by Crippen LogP contribution is 2.22. The van der Waals surface area contributed by atoms with Gasteiger partial charge in [-0.1, -0.05) is 0 Å². The second-order valence-electron chi connectivity index (χ2n) is 3.38. The molecular formula is C11H9N3O. The topological polar surface area (TPSA) is 54.7 Å². The third kappa shape index (κ3) is 1.22. The fourth-order valence-electron chi connectivity index (χ4n) is 1.60. The Kier molecular flexibility index (Phi) is 1.62. The molecule has 3 heterocycles. The van der Waals surface area contributed by atoms with Gasteiger partial charge in [0.1, 0.15) is 11.3 Å². The minimum atomic E-state index is 0.728. The van der Waals surface area contributed by atoms with Crippen molar-refractivity contribution in [2.24, 2.45) is 0 Å². The van der Waals surface area contributed by atoms with Crippen LogP contribution in [0.2, 0.25) is 0 Å². The monoisotopic (exact) mass is 199 g/mol. The fraction of sp³-hybridized carbons (Fsp3) is 0.0909. The summed E-state index contributed by atoms with van der Waals surface area (Å²) in [6.07, 6.45) is 3.31. The van der Waals surface area contributed by atoms with Crippen LogP contribution in [0.25, 0.3) is 22.5 Å². The molecule has 0 saturated carbocycles. The van der Waals surface area contributed by atoms with E-state index in [9.17, 15) is 0 Å². The van der Waals surface area contributed by atoms with Crippen molar-refractivity contribution in [3.63, 3.8) is 0 Å². The van der Waals surface area contributed by atoms with Crippen LogP contribution in [0.5, 0.6) is 0 Å². The van der Waals surface area contributed by atoms with Crippen molar-refractivity contribution < 1.29 is 4.42 Å². The highest BCUT2D eigenvalue weighted by atomic mass is 16.3. The molecule has 0 fully saturated rings. The largest absolute Gasteiger partial charge is 0.442 e. The van der Waals surface area contributed by atoms with Gasteiger partial charge in [0.05, 0.1) is 5.69 Å². The third-order valence-corrected chi connectivity index (χ3v) is 2.39. The number of aromatic amines is 1. The van der Waals surface area contributed by atoms with Gasteiger partial charge in [0, 0.05) is 11.6 Å². The van der Waals surface area contributed by atoms with Gasteiger partial charge in [-0.15, -0.1) is 0 Å². The zero-order valence-electron chi connectivity index (χ0n) is 8.19. The molecule has 1 N–H and O–H groups in total. The van der Waals surface area contributed by atoms with Crippen LogP contribution in [0, 0.1) is 6.92 Å². The molecule has 0 atom stereocenters. The number of rotatable bonds is 1. The molecule has 0 aliphatic heterocycles. The maximum Gasteiger partial charge on any atom is 0.181 e. The van der Waals surface area contributed by atoms with Crippen molar-refractivity contribution in [2.75, 3.05) is 0 Å². The van der Waals surface area contributed by atoms with E-state index < -0.39 is 0 Å². The Morgan fingerprint density at radius 2 is 2.20 bits per heavy atom. The van der Waals surface area contributed by atoms with E-state index in [1.807, 2.05) is 31.3 Å². The van der Waals surface area contributed by atoms with Crippen molar-refractivity contribution in [1.82, 2.24) is 15.0 Å². The fourth-order valence-corrected chi connectivity index (χ4v) is 1.60. The van der Waals surface area contributed by atoms with Crippen LogP contribution in [0.4, 0.5) is 0 Å². The molecule has 0 amide bonds. The molecule has 0 bridgehead atoms. The molecule has 4 heteroatoms. The molecule has 3 aromatic heterocycles. The number of H-pyrrole nitrogens is 1. The van der Waals surface area contributed by atoms with Crippen LogP contribution in [-0.2, 0) is 0 Å². The molecular weight excluding hydrogens is 190 g/mol. The predicted octanol–water partition coefficient (Wildman–Crippen LogP) is 2.53. The minimum absolute atomic E-state index is 0.728. The van der Waals surface area contributed by atoms with Crippen LogP contribution in [0.1, 0.15) is 5.69 Å². The molecule has 3 aromatic rings. The first-order chi connectivity index (χ1) is 7.34. The maximum atomic E-state index is 5.29. The quantitative estimate of drug-likeness (QED) is 0.655. The summed E-state index contributed by atoms with van der Waals surface area (Å²) in [6, 6.07) is 5.93. The Labute approximate surface area is 86.0 Å². The van der Waals surface area contributed by atoms with Gasteiger partial charge in [0.15, 0.2) is 12.2 Å². The summed E-state index contributed by atoms with van der Waals surface area (Å²) in [5.41, 5.74) is 2.52. The summed E-state index contributed by atoms with van der Waals surface area (Å²) in [5.74, 6) is 0.728. The van der Waals surface area contributed by atoms with Gasteiger partial charge in [-0.2, -0.15) is 0 Å². The number of nitrogens with zero attached hydrogens (tertiary/aromatic N) is 2. The standard InChI is InChI=1S/C11H9N3O/c1-7-10(15-6-13-7)9-3-2-8-4-5-12-11(8)14-9/h2-6H,1H3,(H,12,14). The Morgan fingerprint density at radius 1 is 1.27 bits per heavy atom. The van der Waals surface area contributed by atoms with Gasteiger partial charge in [-0.05, 0) is 25.1 Å². The van der Waals surface area contributed by atoms with Gasteiger partial charge in [0.25, 0.3) is 0 Å². The molecule has 0 spiro atoms. The number of aryl methyl sites for hydroxylation is 1. The predicted molar refractivity (Wildman–Crippen MR) is 56.3 cm³/mol.